The summed E-state index contributed by atoms with van der Waals surface area (Å²) in [6.07, 6.45) is 0.602. The van der Waals surface area contributed by atoms with Crippen LogP contribution in [-0.2, 0) is 0 Å². The van der Waals surface area contributed by atoms with E-state index in [0.717, 1.165) is 0 Å². The van der Waals surface area contributed by atoms with Crippen LogP contribution < -0.4 is 5.32 Å². The minimum atomic E-state index is -0.853. The van der Waals surface area contributed by atoms with Crippen molar-refractivity contribution in [1.82, 2.24) is 4.98 Å². The van der Waals surface area contributed by atoms with E-state index in [1.54, 1.807) is 30.3 Å². The molecule has 0 bridgehead atoms. The monoisotopic (exact) mass is 307 g/mol. The second-order valence-electron chi connectivity index (χ2n) is 4.08. The van der Waals surface area contributed by atoms with E-state index < -0.39 is 6.10 Å². The Morgan fingerprint density at radius 2 is 1.95 bits per heavy atom. The van der Waals surface area contributed by atoms with Crippen LogP contribution in [0.3, 0.4) is 0 Å². The average molecular weight is 308 g/mol. The van der Waals surface area contributed by atoms with Gasteiger partial charge in [-0.25, -0.2) is 4.98 Å². The molecule has 1 heterocycles. The molecule has 6 heteroatoms. The summed E-state index contributed by atoms with van der Waals surface area (Å²) in [6.45, 7) is 0.211. The van der Waals surface area contributed by atoms with Gasteiger partial charge in [0.25, 0.3) is 0 Å². The average Bonchev–Trinajstić information content (AvgIpc) is 2.45. The highest BCUT2D eigenvalue weighted by Gasteiger charge is 2.15. The van der Waals surface area contributed by atoms with E-state index in [2.05, 4.69) is 10.3 Å². The maximum atomic E-state index is 10.1. The predicted molar refractivity (Wildman–Crippen MR) is 78.9 cm³/mol. The van der Waals surface area contributed by atoms with Gasteiger partial charge in [-0.3, -0.25) is 0 Å². The molecule has 2 aromatic rings. The Bertz CT molecular complexity index is 618. The predicted octanol–water partition coefficient (Wildman–Crippen LogP) is 3.41. The minimum absolute atomic E-state index is 0.211. The van der Waals surface area contributed by atoms with Gasteiger partial charge in [0.05, 0.1) is 11.7 Å². The molecule has 102 valence electrons. The van der Waals surface area contributed by atoms with Gasteiger partial charge in [-0.2, -0.15) is 5.26 Å². The molecule has 20 heavy (non-hydrogen) atoms. The van der Waals surface area contributed by atoms with Crippen molar-refractivity contribution in [3.05, 3.63) is 57.7 Å². The number of pyridine rings is 1. The van der Waals surface area contributed by atoms with E-state index in [1.807, 2.05) is 6.07 Å². The number of nitrogens with one attached hydrogen (secondary N) is 1. The number of rotatable bonds is 4. The van der Waals surface area contributed by atoms with Crippen LogP contribution in [0.25, 0.3) is 0 Å². The van der Waals surface area contributed by atoms with Crippen LogP contribution in [0.4, 0.5) is 5.82 Å². The number of nitrogens with zero attached hydrogens (tertiary/aromatic N) is 2. The van der Waals surface area contributed by atoms with E-state index in [9.17, 15) is 5.11 Å². The number of aromatic nitrogens is 1. The number of hydrogen-bond donors (Lipinski definition) is 2. The molecule has 0 amide bonds. The number of hydrogen-bond acceptors (Lipinski definition) is 4. The lowest BCUT2D eigenvalue weighted by molar-refractivity contribution is 0.191. The number of anilines is 1. The SMILES string of the molecule is N#Cc1ccc(NCC(O)c2c(Cl)cccc2Cl)nc1. The number of benzene rings is 1. The fourth-order valence-electron chi connectivity index (χ4n) is 1.70. The van der Waals surface area contributed by atoms with Crippen LogP contribution in [0, 0.1) is 11.3 Å². The van der Waals surface area contributed by atoms with Crippen molar-refractivity contribution in [3.8, 4) is 6.07 Å². The molecule has 1 aromatic carbocycles. The van der Waals surface area contributed by atoms with Crippen molar-refractivity contribution < 1.29 is 5.11 Å². The summed E-state index contributed by atoms with van der Waals surface area (Å²) in [4.78, 5) is 4.05. The number of aliphatic hydroxyl groups is 1. The largest absolute Gasteiger partial charge is 0.386 e. The normalized spacial score (nSPS) is 11.7. The van der Waals surface area contributed by atoms with E-state index in [4.69, 9.17) is 28.5 Å². The van der Waals surface area contributed by atoms with Crippen molar-refractivity contribution in [2.75, 3.05) is 11.9 Å². The number of halogens is 2. The summed E-state index contributed by atoms with van der Waals surface area (Å²) in [7, 11) is 0. The van der Waals surface area contributed by atoms with Gasteiger partial charge in [-0.05, 0) is 24.3 Å². The first-order valence-electron chi connectivity index (χ1n) is 5.84. The molecule has 0 aliphatic heterocycles. The molecule has 1 atom stereocenters. The maximum absolute atomic E-state index is 10.1. The zero-order valence-electron chi connectivity index (χ0n) is 10.3. The number of aliphatic hydroxyl groups excluding tert-OH is 1. The molecule has 1 unspecified atom stereocenters. The van der Waals surface area contributed by atoms with Crippen LogP contribution in [-0.4, -0.2) is 16.6 Å². The summed E-state index contributed by atoms with van der Waals surface area (Å²) < 4.78 is 0. The molecule has 0 fully saturated rings. The van der Waals surface area contributed by atoms with Gasteiger partial charge in [0, 0.05) is 28.4 Å². The lowest BCUT2D eigenvalue weighted by Crippen LogP contribution is -2.13. The Morgan fingerprint density at radius 1 is 1.25 bits per heavy atom. The van der Waals surface area contributed by atoms with Gasteiger partial charge >= 0.3 is 0 Å². The smallest absolute Gasteiger partial charge is 0.126 e. The van der Waals surface area contributed by atoms with Crippen LogP contribution >= 0.6 is 23.2 Å². The highest BCUT2D eigenvalue weighted by atomic mass is 35.5. The topological polar surface area (TPSA) is 68.9 Å². The quantitative estimate of drug-likeness (QED) is 0.908. The van der Waals surface area contributed by atoms with Crippen LogP contribution in [0.2, 0.25) is 10.0 Å². The molecule has 0 spiro atoms. The standard InChI is InChI=1S/C14H11Cl2N3O/c15-10-2-1-3-11(16)14(10)12(20)8-19-13-5-4-9(6-17)7-18-13/h1-5,7,12,20H,8H2,(H,18,19). The second-order valence-corrected chi connectivity index (χ2v) is 4.89. The Hall–Kier alpha value is -1.80. The molecule has 0 saturated carbocycles. The van der Waals surface area contributed by atoms with Crippen molar-refractivity contribution in [2.24, 2.45) is 0 Å². The molecule has 1 aromatic heterocycles. The summed E-state index contributed by atoms with van der Waals surface area (Å²) in [5.74, 6) is 0.561. The van der Waals surface area contributed by atoms with E-state index in [0.29, 0.717) is 27.0 Å². The first-order valence-corrected chi connectivity index (χ1v) is 6.59. The van der Waals surface area contributed by atoms with Crippen molar-refractivity contribution in [3.63, 3.8) is 0 Å². The van der Waals surface area contributed by atoms with Gasteiger partial charge in [0.15, 0.2) is 0 Å². The van der Waals surface area contributed by atoms with E-state index in [1.165, 1.54) is 6.20 Å². The van der Waals surface area contributed by atoms with E-state index >= 15 is 0 Å². The fourth-order valence-corrected chi connectivity index (χ4v) is 2.35. The van der Waals surface area contributed by atoms with Crippen LogP contribution in [0.1, 0.15) is 17.2 Å². The van der Waals surface area contributed by atoms with E-state index in [-0.39, 0.29) is 6.54 Å². The van der Waals surface area contributed by atoms with Crippen molar-refractivity contribution >= 4 is 29.0 Å². The van der Waals surface area contributed by atoms with Crippen LogP contribution in [0.15, 0.2) is 36.5 Å². The molecule has 0 aliphatic rings. The second kappa shape index (κ2) is 6.58. The van der Waals surface area contributed by atoms with Gasteiger partial charge in [0.1, 0.15) is 11.9 Å². The lowest BCUT2D eigenvalue weighted by atomic mass is 10.1. The summed E-state index contributed by atoms with van der Waals surface area (Å²) >= 11 is 12.0. The third-order valence-electron chi connectivity index (χ3n) is 2.70. The molecular weight excluding hydrogens is 297 g/mol. The zero-order chi connectivity index (χ0) is 14.5. The van der Waals surface area contributed by atoms with Gasteiger partial charge in [-0.1, -0.05) is 29.3 Å². The zero-order valence-corrected chi connectivity index (χ0v) is 11.9. The number of nitriles is 1. The third-order valence-corrected chi connectivity index (χ3v) is 3.36. The molecular formula is C14H11Cl2N3O. The Labute approximate surface area is 126 Å². The Kier molecular flexibility index (Phi) is 4.80. The lowest BCUT2D eigenvalue weighted by Gasteiger charge is -2.15. The summed E-state index contributed by atoms with van der Waals surface area (Å²) in [6, 6.07) is 10.4. The van der Waals surface area contributed by atoms with Gasteiger partial charge < -0.3 is 10.4 Å². The highest BCUT2D eigenvalue weighted by molar-refractivity contribution is 6.36. The van der Waals surface area contributed by atoms with Gasteiger partial charge in [0.2, 0.25) is 0 Å². The highest BCUT2D eigenvalue weighted by Crippen LogP contribution is 2.30. The molecule has 0 saturated heterocycles. The molecule has 2 rings (SSSR count). The Morgan fingerprint density at radius 3 is 2.50 bits per heavy atom. The molecule has 0 aliphatic carbocycles. The molecule has 4 nitrogen and oxygen atoms in total. The molecule has 0 radical (unpaired) electrons. The first kappa shape index (κ1) is 14.6. The Balaban J connectivity index is 2.05. The van der Waals surface area contributed by atoms with Crippen molar-refractivity contribution in [1.29, 1.82) is 5.26 Å². The van der Waals surface area contributed by atoms with Crippen LogP contribution in [0.5, 0.6) is 0 Å². The van der Waals surface area contributed by atoms with Crippen molar-refractivity contribution in [2.45, 2.75) is 6.10 Å². The minimum Gasteiger partial charge on any atom is -0.386 e. The third kappa shape index (κ3) is 3.40. The fraction of sp³-hybridized carbons (Fsp3) is 0.143. The first-order chi connectivity index (χ1) is 9.61. The van der Waals surface area contributed by atoms with Gasteiger partial charge in [-0.15, -0.1) is 0 Å². The summed E-state index contributed by atoms with van der Waals surface area (Å²) in [5, 5.41) is 22.6. The molecule has 2 N–H and O–H groups in total. The summed E-state index contributed by atoms with van der Waals surface area (Å²) in [5.41, 5.74) is 0.960. The maximum Gasteiger partial charge on any atom is 0.126 e.